The minimum atomic E-state index is -0.170. The summed E-state index contributed by atoms with van der Waals surface area (Å²) >= 11 is 7.13. The van der Waals surface area contributed by atoms with E-state index in [2.05, 4.69) is 15.5 Å². The molecule has 2 aromatic carbocycles. The minimum Gasteiger partial charge on any atom is -0.497 e. The third-order valence-electron chi connectivity index (χ3n) is 3.79. The fourth-order valence-corrected chi connectivity index (χ4v) is 3.30. The Morgan fingerprint density at radius 3 is 2.85 bits per heavy atom. The van der Waals surface area contributed by atoms with Gasteiger partial charge in [-0.25, -0.2) is 4.68 Å². The first-order valence-corrected chi connectivity index (χ1v) is 9.38. The predicted molar refractivity (Wildman–Crippen MR) is 108 cm³/mol. The lowest BCUT2D eigenvalue weighted by Crippen LogP contribution is -2.17. The summed E-state index contributed by atoms with van der Waals surface area (Å²) in [6.45, 7) is 1.88. The van der Waals surface area contributed by atoms with Gasteiger partial charge in [-0.1, -0.05) is 35.5 Å². The number of halogens is 1. The summed E-state index contributed by atoms with van der Waals surface area (Å²) in [6.07, 6.45) is 0. The van der Waals surface area contributed by atoms with E-state index in [0.29, 0.717) is 21.8 Å². The molecule has 140 valence electrons. The molecule has 3 rings (SSSR count). The van der Waals surface area contributed by atoms with Crippen LogP contribution in [0.3, 0.4) is 0 Å². The molecule has 1 aromatic heterocycles. The van der Waals surface area contributed by atoms with Gasteiger partial charge in [-0.15, -0.1) is 10.2 Å². The van der Waals surface area contributed by atoms with Crippen molar-refractivity contribution in [3.63, 3.8) is 0 Å². The van der Waals surface area contributed by atoms with Crippen molar-refractivity contribution in [1.29, 1.82) is 0 Å². The molecule has 3 N–H and O–H groups in total. The van der Waals surface area contributed by atoms with Crippen molar-refractivity contribution in [3.8, 4) is 17.1 Å². The number of carbonyl (C=O) groups excluding carboxylic acids is 1. The van der Waals surface area contributed by atoms with Gasteiger partial charge in [-0.2, -0.15) is 0 Å². The third kappa shape index (κ3) is 4.53. The molecule has 3 aromatic rings. The molecule has 0 atom stereocenters. The highest BCUT2D eigenvalue weighted by Crippen LogP contribution is 2.25. The molecule has 1 heterocycles. The highest BCUT2D eigenvalue weighted by Gasteiger charge is 2.14. The maximum Gasteiger partial charge on any atom is 0.234 e. The smallest absolute Gasteiger partial charge is 0.234 e. The van der Waals surface area contributed by atoms with Crippen molar-refractivity contribution < 1.29 is 9.53 Å². The van der Waals surface area contributed by atoms with E-state index in [9.17, 15) is 4.79 Å². The van der Waals surface area contributed by atoms with Crippen molar-refractivity contribution in [2.24, 2.45) is 0 Å². The van der Waals surface area contributed by atoms with E-state index in [-0.39, 0.29) is 11.7 Å². The summed E-state index contributed by atoms with van der Waals surface area (Å²) in [5.41, 5.74) is 2.39. The summed E-state index contributed by atoms with van der Waals surface area (Å²) < 4.78 is 6.57. The number of nitrogen functional groups attached to an aromatic ring is 1. The monoisotopic (exact) mass is 403 g/mol. The average molecular weight is 404 g/mol. The van der Waals surface area contributed by atoms with E-state index in [1.54, 1.807) is 25.3 Å². The zero-order valence-corrected chi connectivity index (χ0v) is 16.3. The largest absolute Gasteiger partial charge is 0.497 e. The number of hydrogen-bond acceptors (Lipinski definition) is 6. The molecule has 27 heavy (non-hydrogen) atoms. The molecular weight excluding hydrogens is 386 g/mol. The lowest BCUT2D eigenvalue weighted by molar-refractivity contribution is -0.113. The first-order valence-electron chi connectivity index (χ1n) is 8.01. The molecule has 7 nitrogen and oxygen atoms in total. The van der Waals surface area contributed by atoms with E-state index >= 15 is 0 Å². The van der Waals surface area contributed by atoms with Crippen LogP contribution in [0.15, 0.2) is 47.6 Å². The Morgan fingerprint density at radius 2 is 2.11 bits per heavy atom. The summed E-state index contributed by atoms with van der Waals surface area (Å²) in [6, 6.07) is 12.7. The van der Waals surface area contributed by atoms with Crippen LogP contribution in [0.2, 0.25) is 5.02 Å². The second-order valence-electron chi connectivity index (χ2n) is 5.70. The average Bonchev–Trinajstić information content (AvgIpc) is 3.03. The van der Waals surface area contributed by atoms with Crippen LogP contribution in [0.25, 0.3) is 11.4 Å². The summed E-state index contributed by atoms with van der Waals surface area (Å²) in [7, 11) is 1.59. The maximum absolute atomic E-state index is 12.2. The number of methoxy groups -OCH3 is 1. The van der Waals surface area contributed by atoms with E-state index < -0.39 is 0 Å². The van der Waals surface area contributed by atoms with Crippen LogP contribution in [0.4, 0.5) is 5.69 Å². The van der Waals surface area contributed by atoms with Gasteiger partial charge in [0.25, 0.3) is 0 Å². The number of nitrogens with two attached hydrogens (primary N) is 1. The van der Waals surface area contributed by atoms with Crippen molar-refractivity contribution in [2.75, 3.05) is 24.0 Å². The van der Waals surface area contributed by atoms with Gasteiger partial charge in [0.05, 0.1) is 12.9 Å². The number of thioether (sulfide) groups is 1. The lowest BCUT2D eigenvalue weighted by Gasteiger charge is -2.08. The van der Waals surface area contributed by atoms with Crippen molar-refractivity contribution in [3.05, 3.63) is 53.1 Å². The van der Waals surface area contributed by atoms with Crippen LogP contribution in [0, 0.1) is 6.92 Å². The standard InChI is InChI=1S/C18H18ClN5O2S/c1-11-8-13(19)6-7-15(11)21-16(25)10-27-18-23-22-17(24(18)20)12-4-3-5-14(9-12)26-2/h3-9H,10,20H2,1-2H3,(H,21,25). The van der Waals surface area contributed by atoms with Crippen LogP contribution in [0.1, 0.15) is 5.56 Å². The Bertz CT molecular complexity index is 976. The Kier molecular flexibility index (Phi) is 5.88. The molecule has 0 unspecified atom stereocenters. The zero-order chi connectivity index (χ0) is 19.4. The number of benzene rings is 2. The van der Waals surface area contributed by atoms with Gasteiger partial charge in [-0.3, -0.25) is 4.79 Å². The van der Waals surface area contributed by atoms with Gasteiger partial charge >= 0.3 is 0 Å². The number of amides is 1. The lowest BCUT2D eigenvalue weighted by atomic mass is 10.2. The first kappa shape index (κ1) is 19.1. The van der Waals surface area contributed by atoms with Crippen LogP contribution >= 0.6 is 23.4 Å². The molecular formula is C18H18ClN5O2S. The van der Waals surface area contributed by atoms with Gasteiger partial charge in [0.15, 0.2) is 5.82 Å². The molecule has 9 heteroatoms. The van der Waals surface area contributed by atoms with Gasteiger partial charge in [0.2, 0.25) is 11.1 Å². The minimum absolute atomic E-state index is 0.148. The van der Waals surface area contributed by atoms with Crippen molar-refractivity contribution >= 4 is 35.0 Å². The molecule has 0 spiro atoms. The van der Waals surface area contributed by atoms with Crippen molar-refractivity contribution in [2.45, 2.75) is 12.1 Å². The zero-order valence-electron chi connectivity index (χ0n) is 14.8. The molecule has 0 bridgehead atoms. The maximum atomic E-state index is 12.2. The Hall–Kier alpha value is -2.71. The van der Waals surface area contributed by atoms with Gasteiger partial charge in [0, 0.05) is 16.3 Å². The van der Waals surface area contributed by atoms with Crippen LogP contribution in [0.5, 0.6) is 5.75 Å². The number of anilines is 1. The number of nitrogens with one attached hydrogen (secondary N) is 1. The van der Waals surface area contributed by atoms with Gasteiger partial charge in [-0.05, 0) is 42.8 Å². The first-order chi connectivity index (χ1) is 13.0. The second-order valence-corrected chi connectivity index (χ2v) is 7.08. The topological polar surface area (TPSA) is 95.1 Å². The highest BCUT2D eigenvalue weighted by molar-refractivity contribution is 7.99. The molecule has 0 aliphatic heterocycles. The van der Waals surface area contributed by atoms with E-state index in [1.807, 2.05) is 31.2 Å². The quantitative estimate of drug-likeness (QED) is 0.484. The van der Waals surface area contributed by atoms with E-state index in [0.717, 1.165) is 16.8 Å². The Balaban J connectivity index is 1.66. The SMILES string of the molecule is COc1cccc(-c2nnc(SCC(=O)Nc3ccc(Cl)cc3C)n2N)c1. The number of hydrogen-bond donors (Lipinski definition) is 2. The molecule has 0 aliphatic carbocycles. The van der Waals surface area contributed by atoms with Gasteiger partial charge < -0.3 is 15.9 Å². The normalized spacial score (nSPS) is 10.6. The molecule has 0 radical (unpaired) electrons. The third-order valence-corrected chi connectivity index (χ3v) is 4.97. The summed E-state index contributed by atoms with van der Waals surface area (Å²) in [5, 5.41) is 12.1. The molecule has 0 aliphatic rings. The van der Waals surface area contributed by atoms with Crippen molar-refractivity contribution in [1.82, 2.24) is 14.9 Å². The molecule has 0 saturated carbocycles. The Morgan fingerprint density at radius 1 is 1.30 bits per heavy atom. The van der Waals surface area contributed by atoms with Crippen LogP contribution in [-0.2, 0) is 4.79 Å². The highest BCUT2D eigenvalue weighted by atomic mass is 35.5. The van der Waals surface area contributed by atoms with Crippen LogP contribution < -0.4 is 15.9 Å². The van der Waals surface area contributed by atoms with Gasteiger partial charge in [0.1, 0.15) is 5.75 Å². The fraction of sp³-hybridized carbons (Fsp3) is 0.167. The Labute approximate surface area is 165 Å². The number of aromatic nitrogens is 3. The predicted octanol–water partition coefficient (Wildman–Crippen LogP) is 3.36. The van der Waals surface area contributed by atoms with E-state index in [4.69, 9.17) is 22.2 Å². The summed E-state index contributed by atoms with van der Waals surface area (Å²) in [4.78, 5) is 12.2. The number of nitrogens with zero attached hydrogens (tertiary/aromatic N) is 3. The molecule has 0 fully saturated rings. The number of carbonyl (C=O) groups is 1. The number of aryl methyl sites for hydroxylation is 1. The summed E-state index contributed by atoms with van der Waals surface area (Å²) in [5.74, 6) is 7.26. The molecule has 0 saturated heterocycles. The molecule has 1 amide bonds. The number of rotatable bonds is 6. The van der Waals surface area contributed by atoms with E-state index in [1.165, 1.54) is 16.4 Å². The van der Waals surface area contributed by atoms with Crippen LogP contribution in [-0.4, -0.2) is 33.6 Å². The second kappa shape index (κ2) is 8.32. The fourth-order valence-electron chi connectivity index (χ4n) is 2.42. The number of ether oxygens (including phenoxy) is 1.